The van der Waals surface area contributed by atoms with Gasteiger partial charge in [-0.1, -0.05) is 18.2 Å². The van der Waals surface area contributed by atoms with E-state index in [0.29, 0.717) is 17.7 Å². The number of rotatable bonds is 2. The lowest BCUT2D eigenvalue weighted by Gasteiger charge is -2.29. The zero-order chi connectivity index (χ0) is 16.5. The van der Waals surface area contributed by atoms with Gasteiger partial charge in [-0.05, 0) is 57.1 Å². The van der Waals surface area contributed by atoms with Crippen LogP contribution >= 0.6 is 0 Å². The van der Waals surface area contributed by atoms with Crippen molar-refractivity contribution >= 4 is 17.6 Å². The Labute approximate surface area is 142 Å². The Morgan fingerprint density at radius 2 is 1.92 bits per heavy atom. The molecule has 5 nitrogen and oxygen atoms in total. The van der Waals surface area contributed by atoms with Crippen molar-refractivity contribution in [2.75, 3.05) is 25.9 Å². The van der Waals surface area contributed by atoms with Gasteiger partial charge in [0.1, 0.15) is 6.10 Å². The zero-order valence-electron chi connectivity index (χ0n) is 14.4. The molecule has 0 aromatic carbocycles. The van der Waals surface area contributed by atoms with Crippen molar-refractivity contribution in [3.05, 3.63) is 22.7 Å². The van der Waals surface area contributed by atoms with Crippen molar-refractivity contribution in [3.63, 3.8) is 0 Å². The number of nitrogen functional groups attached to an aromatic ring is 1. The summed E-state index contributed by atoms with van der Waals surface area (Å²) >= 11 is 0. The van der Waals surface area contributed by atoms with E-state index in [4.69, 9.17) is 10.5 Å². The minimum Gasteiger partial charge on any atom is -0.474 e. The maximum absolute atomic E-state index is 6.29. The Bertz CT molecular complexity index is 762. The molecule has 1 fully saturated rings. The fraction of sp³-hybridized carbons (Fsp3) is 0.579. The third kappa shape index (κ3) is 3.05. The highest BCUT2D eigenvalue weighted by atomic mass is 16.5. The van der Waals surface area contributed by atoms with E-state index in [9.17, 15) is 0 Å². The predicted octanol–water partition coefficient (Wildman–Crippen LogP) is 1.22. The first-order chi connectivity index (χ1) is 11.7. The third-order valence-electron chi connectivity index (χ3n) is 5.43. The fourth-order valence-electron chi connectivity index (χ4n) is 4.02. The number of allylic oxidation sites excluding steroid dienone is 2. The van der Waals surface area contributed by atoms with Crippen molar-refractivity contribution in [2.45, 2.75) is 44.6 Å². The van der Waals surface area contributed by atoms with Crippen LogP contribution in [0.25, 0.3) is 11.6 Å². The number of piperidine rings is 1. The van der Waals surface area contributed by atoms with Gasteiger partial charge in [0, 0.05) is 13.1 Å². The molecule has 128 valence electrons. The van der Waals surface area contributed by atoms with Crippen molar-refractivity contribution in [1.29, 1.82) is 0 Å². The molecule has 0 radical (unpaired) electrons. The molecular formula is C19H26N4O. The molecule has 2 N–H and O–H groups in total. The lowest BCUT2D eigenvalue weighted by Crippen LogP contribution is -2.39. The maximum Gasteiger partial charge on any atom is 0.226 e. The number of likely N-dealkylation sites (tertiary alicyclic amines) is 1. The van der Waals surface area contributed by atoms with Crippen molar-refractivity contribution in [1.82, 2.24) is 14.9 Å². The van der Waals surface area contributed by atoms with Crippen molar-refractivity contribution < 1.29 is 4.74 Å². The summed E-state index contributed by atoms with van der Waals surface area (Å²) in [6.07, 6.45) is 13.6. The van der Waals surface area contributed by atoms with Gasteiger partial charge in [0.25, 0.3) is 0 Å². The van der Waals surface area contributed by atoms with Gasteiger partial charge in [-0.25, -0.2) is 4.98 Å². The molecule has 0 saturated carbocycles. The Morgan fingerprint density at radius 3 is 2.75 bits per heavy atom. The molecule has 1 aromatic heterocycles. The Hall–Kier alpha value is -1.88. The lowest BCUT2D eigenvalue weighted by atomic mass is 9.86. The minimum absolute atomic E-state index is 0.221. The number of anilines is 1. The van der Waals surface area contributed by atoms with Gasteiger partial charge >= 0.3 is 0 Å². The van der Waals surface area contributed by atoms with E-state index in [0.717, 1.165) is 49.3 Å². The first-order valence-electron chi connectivity index (χ1n) is 9.10. The summed E-state index contributed by atoms with van der Waals surface area (Å²) in [4.78, 5) is 11.4. The van der Waals surface area contributed by atoms with Gasteiger partial charge in [-0.2, -0.15) is 4.98 Å². The van der Waals surface area contributed by atoms with Crippen LogP contribution in [0.2, 0.25) is 0 Å². The fourth-order valence-corrected chi connectivity index (χ4v) is 4.02. The molecule has 0 spiro atoms. The molecule has 3 aliphatic rings. The molecule has 1 saturated heterocycles. The van der Waals surface area contributed by atoms with Crippen LogP contribution in [0.15, 0.2) is 12.2 Å². The Kier molecular flexibility index (Phi) is 4.27. The van der Waals surface area contributed by atoms with Crippen LogP contribution in [-0.4, -0.2) is 41.1 Å². The second-order valence-electron chi connectivity index (χ2n) is 7.18. The van der Waals surface area contributed by atoms with E-state index in [1.54, 1.807) is 0 Å². The average Bonchev–Trinajstić information content (AvgIpc) is 2.77. The monoisotopic (exact) mass is 326 g/mol. The van der Waals surface area contributed by atoms with E-state index in [1.807, 2.05) is 0 Å². The number of fused-ring (bicyclic) bond motifs is 2. The first-order valence-corrected chi connectivity index (χ1v) is 9.10. The van der Waals surface area contributed by atoms with Crippen LogP contribution in [0.5, 0.6) is 5.88 Å². The number of hydrogen-bond donors (Lipinski definition) is 1. The van der Waals surface area contributed by atoms with Crippen molar-refractivity contribution in [2.24, 2.45) is 5.92 Å². The molecule has 0 amide bonds. The number of aromatic nitrogens is 2. The van der Waals surface area contributed by atoms with E-state index in [2.05, 4.69) is 40.1 Å². The summed E-state index contributed by atoms with van der Waals surface area (Å²) in [6, 6.07) is 0. The SMILES string of the molecule is CN1CCC(Oc2nc(N)nc3c2=CCCC2CCC=CC=32)CC1. The summed E-state index contributed by atoms with van der Waals surface area (Å²) in [5, 5.41) is 2.04. The predicted molar refractivity (Wildman–Crippen MR) is 95.8 cm³/mol. The summed E-state index contributed by atoms with van der Waals surface area (Å²) in [7, 11) is 2.16. The van der Waals surface area contributed by atoms with E-state index < -0.39 is 0 Å². The topological polar surface area (TPSA) is 64.3 Å². The van der Waals surface area contributed by atoms with Gasteiger partial charge in [0.2, 0.25) is 11.8 Å². The first kappa shape index (κ1) is 15.6. The lowest BCUT2D eigenvalue weighted by molar-refractivity contribution is 0.109. The molecule has 2 heterocycles. The highest BCUT2D eigenvalue weighted by Gasteiger charge is 2.23. The Balaban J connectivity index is 1.77. The molecule has 1 aliphatic heterocycles. The summed E-state index contributed by atoms with van der Waals surface area (Å²) in [6.45, 7) is 2.14. The molecule has 2 aliphatic carbocycles. The molecular weight excluding hydrogens is 300 g/mol. The largest absolute Gasteiger partial charge is 0.474 e. The Morgan fingerprint density at radius 1 is 1.12 bits per heavy atom. The van der Waals surface area contributed by atoms with Gasteiger partial charge in [-0.3, -0.25) is 0 Å². The van der Waals surface area contributed by atoms with E-state index in [-0.39, 0.29) is 6.10 Å². The highest BCUT2D eigenvalue weighted by Crippen LogP contribution is 2.29. The third-order valence-corrected chi connectivity index (χ3v) is 5.43. The van der Waals surface area contributed by atoms with Crippen molar-refractivity contribution in [3.8, 4) is 5.88 Å². The molecule has 4 rings (SSSR count). The number of nitrogens with zero attached hydrogens (tertiary/aromatic N) is 3. The molecule has 1 unspecified atom stereocenters. The standard InChI is InChI=1S/C19H26N4O/c1-23-11-9-14(10-12-23)24-18-16-8-4-6-13-5-2-3-7-15(13)17(16)21-19(20)22-18/h3,7-8,13-14H,2,4-6,9-12H2,1H3,(H2,20,21). The molecule has 1 aromatic rings. The van der Waals surface area contributed by atoms with Gasteiger partial charge in [0.05, 0.1) is 10.6 Å². The van der Waals surface area contributed by atoms with Crippen LogP contribution < -0.4 is 21.0 Å². The summed E-state index contributed by atoms with van der Waals surface area (Å²) in [5.41, 5.74) is 7.33. The molecule has 0 bridgehead atoms. The number of hydrogen-bond acceptors (Lipinski definition) is 5. The maximum atomic E-state index is 6.29. The van der Waals surface area contributed by atoms with Crippen LogP contribution in [0.1, 0.15) is 38.5 Å². The van der Waals surface area contributed by atoms with Gasteiger partial charge < -0.3 is 15.4 Å². The van der Waals surface area contributed by atoms with E-state index >= 15 is 0 Å². The molecule has 24 heavy (non-hydrogen) atoms. The molecule has 5 heteroatoms. The summed E-state index contributed by atoms with van der Waals surface area (Å²) in [5.74, 6) is 1.58. The second kappa shape index (κ2) is 6.55. The van der Waals surface area contributed by atoms with Gasteiger partial charge in [-0.15, -0.1) is 0 Å². The minimum atomic E-state index is 0.221. The van der Waals surface area contributed by atoms with Crippen LogP contribution in [-0.2, 0) is 0 Å². The number of ether oxygens (including phenoxy) is 1. The molecule has 1 atom stereocenters. The number of nitrogens with two attached hydrogens (primary N) is 1. The second-order valence-corrected chi connectivity index (χ2v) is 7.18. The average molecular weight is 326 g/mol. The van der Waals surface area contributed by atoms with Crippen LogP contribution in [0.4, 0.5) is 5.95 Å². The summed E-state index contributed by atoms with van der Waals surface area (Å²) < 4.78 is 6.29. The normalized spacial score (nSPS) is 24.7. The van der Waals surface area contributed by atoms with Crippen LogP contribution in [0, 0.1) is 5.92 Å². The highest BCUT2D eigenvalue weighted by molar-refractivity contribution is 5.61. The van der Waals surface area contributed by atoms with E-state index in [1.165, 1.54) is 18.4 Å². The van der Waals surface area contributed by atoms with Crippen LogP contribution in [0.3, 0.4) is 0 Å². The smallest absolute Gasteiger partial charge is 0.226 e. The zero-order valence-corrected chi connectivity index (χ0v) is 14.4. The van der Waals surface area contributed by atoms with Gasteiger partial charge in [0.15, 0.2) is 0 Å². The quantitative estimate of drug-likeness (QED) is 0.885.